The van der Waals surface area contributed by atoms with Crippen molar-refractivity contribution >= 4 is 50.4 Å². The normalized spacial score (nSPS) is 14.4. The highest BCUT2D eigenvalue weighted by Gasteiger charge is 2.32. The van der Waals surface area contributed by atoms with E-state index in [1.54, 1.807) is 37.3 Å². The summed E-state index contributed by atoms with van der Waals surface area (Å²) in [5, 5.41) is 2.01. The molecule has 0 unspecified atom stereocenters. The molecule has 0 aliphatic carbocycles. The van der Waals surface area contributed by atoms with E-state index in [0.717, 1.165) is 44.1 Å². The van der Waals surface area contributed by atoms with Gasteiger partial charge in [0, 0.05) is 34.9 Å². The first kappa shape index (κ1) is 27.2. The van der Waals surface area contributed by atoms with Gasteiger partial charge in [-0.1, -0.05) is 70.6 Å². The predicted octanol–water partition coefficient (Wildman–Crippen LogP) is 9.16. The molecular formula is C35H33N2O2S2+. The van der Waals surface area contributed by atoms with Crippen LogP contribution >= 0.6 is 23.1 Å². The molecule has 4 aromatic carbocycles. The van der Waals surface area contributed by atoms with E-state index in [4.69, 9.17) is 9.47 Å². The van der Waals surface area contributed by atoms with Gasteiger partial charge in [-0.3, -0.25) is 0 Å². The molecule has 1 aromatic heterocycles. The van der Waals surface area contributed by atoms with Crippen LogP contribution in [-0.2, 0) is 9.47 Å². The van der Waals surface area contributed by atoms with E-state index in [1.807, 2.05) is 6.08 Å². The summed E-state index contributed by atoms with van der Waals surface area (Å²) in [4.78, 5) is 3.48. The number of aryl methyl sites for hydroxylation is 4. The quantitative estimate of drug-likeness (QED) is 0.148. The molecule has 1 aliphatic rings. The average molecular weight is 578 g/mol. The Kier molecular flexibility index (Phi) is 7.37. The van der Waals surface area contributed by atoms with Crippen LogP contribution in [0.25, 0.3) is 21.7 Å². The molecule has 1 aliphatic heterocycles. The van der Waals surface area contributed by atoms with Crippen LogP contribution in [0.5, 0.6) is 0 Å². The number of hydrogen-bond acceptors (Lipinski definition) is 5. The van der Waals surface area contributed by atoms with Crippen molar-refractivity contribution in [1.29, 1.82) is 0 Å². The summed E-state index contributed by atoms with van der Waals surface area (Å²) in [5.74, 6) is 1.48. The SMILES string of the molecule is CO/C(=C\C(OC)=C1\Sc2cc(C)ccc2N1c1ccc(C)cc1)c1sc2cc(C)ccc2[n+]1-c1ccc(C)cc1. The van der Waals surface area contributed by atoms with Crippen molar-refractivity contribution in [1.82, 2.24) is 0 Å². The third-order valence-corrected chi connectivity index (χ3v) is 9.49. The second-order valence-corrected chi connectivity index (χ2v) is 12.4. The molecule has 0 bridgehead atoms. The first-order valence-corrected chi connectivity index (χ1v) is 15.2. The number of ether oxygens (including phenoxy) is 2. The summed E-state index contributed by atoms with van der Waals surface area (Å²) in [6.07, 6.45) is 2.03. The standard InChI is InChI=1S/C35H33N2O2S2/c1-22-7-13-26(14-8-22)36-28-17-11-24(3)19-32(28)40-34(36)30(38-5)21-31(39-6)35-37(27-15-9-23(2)10-16-27)29-18-12-25(4)20-33(29)41-35/h7-21H,1-6H3/q+1. The van der Waals surface area contributed by atoms with Gasteiger partial charge in [-0.25, -0.2) is 0 Å². The number of hydrogen-bond donors (Lipinski definition) is 0. The minimum Gasteiger partial charge on any atom is -0.494 e. The summed E-state index contributed by atoms with van der Waals surface area (Å²) in [5.41, 5.74) is 9.39. The van der Waals surface area contributed by atoms with Crippen LogP contribution in [-0.4, -0.2) is 14.2 Å². The highest BCUT2D eigenvalue weighted by molar-refractivity contribution is 8.03. The molecule has 206 valence electrons. The number of benzene rings is 4. The number of anilines is 2. The molecule has 0 saturated heterocycles. The maximum absolute atomic E-state index is 6.14. The van der Waals surface area contributed by atoms with Crippen molar-refractivity contribution in [3.8, 4) is 5.69 Å². The number of nitrogens with zero attached hydrogens (tertiary/aromatic N) is 2. The molecule has 0 amide bonds. The van der Waals surface area contributed by atoms with E-state index >= 15 is 0 Å². The Morgan fingerprint density at radius 2 is 1.37 bits per heavy atom. The number of fused-ring (bicyclic) bond motifs is 2. The molecule has 0 saturated carbocycles. The average Bonchev–Trinajstić information content (AvgIpc) is 3.52. The van der Waals surface area contributed by atoms with Gasteiger partial charge in [0.05, 0.1) is 19.9 Å². The van der Waals surface area contributed by atoms with Gasteiger partial charge in [0.25, 0.3) is 0 Å². The first-order chi connectivity index (χ1) is 19.9. The first-order valence-electron chi connectivity index (χ1n) is 13.6. The van der Waals surface area contributed by atoms with Crippen LogP contribution in [0.1, 0.15) is 27.3 Å². The third-order valence-electron chi connectivity index (χ3n) is 7.24. The second kappa shape index (κ2) is 11.1. The highest BCUT2D eigenvalue weighted by atomic mass is 32.2. The smallest absolute Gasteiger partial charge is 0.311 e. The molecule has 6 heteroatoms. The van der Waals surface area contributed by atoms with Crippen molar-refractivity contribution in [2.45, 2.75) is 32.6 Å². The van der Waals surface area contributed by atoms with Gasteiger partial charge in [-0.05, 0) is 69.2 Å². The number of thiazole rings is 1. The van der Waals surface area contributed by atoms with Crippen LogP contribution in [0.2, 0.25) is 0 Å². The van der Waals surface area contributed by atoms with Crippen molar-refractivity contribution in [3.05, 3.63) is 129 Å². The Morgan fingerprint density at radius 1 is 0.732 bits per heavy atom. The van der Waals surface area contributed by atoms with Crippen molar-refractivity contribution in [2.24, 2.45) is 0 Å². The zero-order valence-electron chi connectivity index (χ0n) is 24.2. The lowest BCUT2D eigenvalue weighted by Crippen LogP contribution is -2.33. The fraction of sp³-hybridized carbons (Fsp3) is 0.171. The summed E-state index contributed by atoms with van der Waals surface area (Å²) in [6.45, 7) is 8.49. The number of thioether (sulfide) groups is 1. The van der Waals surface area contributed by atoms with E-state index in [9.17, 15) is 0 Å². The molecular weight excluding hydrogens is 545 g/mol. The van der Waals surface area contributed by atoms with Gasteiger partial charge in [-0.2, -0.15) is 0 Å². The Labute approximate surface area is 250 Å². The summed E-state index contributed by atoms with van der Waals surface area (Å²) in [6, 6.07) is 30.4. The van der Waals surface area contributed by atoms with Crippen molar-refractivity contribution < 1.29 is 14.0 Å². The van der Waals surface area contributed by atoms with Crippen LogP contribution in [0.15, 0.2) is 107 Å². The Bertz CT molecular complexity index is 1820. The molecule has 6 rings (SSSR count). The minimum atomic E-state index is 0.741. The van der Waals surface area contributed by atoms with E-state index in [-0.39, 0.29) is 0 Å². The van der Waals surface area contributed by atoms with Crippen LogP contribution < -0.4 is 9.47 Å². The molecule has 2 heterocycles. The van der Waals surface area contributed by atoms with Gasteiger partial charge in [0.2, 0.25) is 17.0 Å². The molecule has 41 heavy (non-hydrogen) atoms. The van der Waals surface area contributed by atoms with E-state index < -0.39 is 0 Å². The number of rotatable bonds is 6. The Morgan fingerprint density at radius 3 is 2.05 bits per heavy atom. The Balaban J connectivity index is 1.56. The summed E-state index contributed by atoms with van der Waals surface area (Å²) >= 11 is 3.45. The van der Waals surface area contributed by atoms with Crippen molar-refractivity contribution in [2.75, 3.05) is 19.1 Å². The van der Waals surface area contributed by atoms with E-state index in [0.29, 0.717) is 0 Å². The molecule has 0 fully saturated rings. The van der Waals surface area contributed by atoms with Crippen LogP contribution in [0, 0.1) is 27.7 Å². The summed E-state index contributed by atoms with van der Waals surface area (Å²) in [7, 11) is 3.47. The van der Waals surface area contributed by atoms with Crippen LogP contribution in [0.3, 0.4) is 0 Å². The molecule has 0 atom stereocenters. The molecule has 5 aromatic rings. The molecule has 0 spiro atoms. The number of aromatic nitrogens is 1. The lowest BCUT2D eigenvalue weighted by Gasteiger charge is -2.22. The zero-order chi connectivity index (χ0) is 28.7. The lowest BCUT2D eigenvalue weighted by atomic mass is 10.1. The molecule has 0 radical (unpaired) electrons. The van der Waals surface area contributed by atoms with Gasteiger partial charge < -0.3 is 14.4 Å². The maximum atomic E-state index is 6.14. The van der Waals surface area contributed by atoms with Crippen molar-refractivity contribution in [3.63, 3.8) is 0 Å². The second-order valence-electron chi connectivity index (χ2n) is 10.4. The van der Waals surface area contributed by atoms with Gasteiger partial charge in [0.15, 0.2) is 5.76 Å². The molecule has 4 nitrogen and oxygen atoms in total. The maximum Gasteiger partial charge on any atom is 0.311 e. The third kappa shape index (κ3) is 5.14. The van der Waals surface area contributed by atoms with E-state index in [1.165, 1.54) is 31.8 Å². The fourth-order valence-corrected chi connectivity index (χ4v) is 7.56. The topological polar surface area (TPSA) is 25.6 Å². The largest absolute Gasteiger partial charge is 0.494 e. The van der Waals surface area contributed by atoms with Gasteiger partial charge in [-0.15, -0.1) is 4.57 Å². The fourth-order valence-electron chi connectivity index (χ4n) is 5.05. The Hall–Kier alpha value is -4.00. The highest BCUT2D eigenvalue weighted by Crippen LogP contribution is 2.51. The number of methoxy groups -OCH3 is 2. The van der Waals surface area contributed by atoms with E-state index in [2.05, 4.69) is 122 Å². The lowest BCUT2D eigenvalue weighted by molar-refractivity contribution is -0.565. The minimum absolute atomic E-state index is 0.741. The predicted molar refractivity (Wildman–Crippen MR) is 172 cm³/mol. The number of allylic oxidation sites excluding steroid dienone is 1. The van der Waals surface area contributed by atoms with Gasteiger partial charge in [0.1, 0.15) is 9.73 Å². The van der Waals surface area contributed by atoms with Gasteiger partial charge >= 0.3 is 5.01 Å². The van der Waals surface area contributed by atoms with Crippen LogP contribution in [0.4, 0.5) is 11.4 Å². The monoisotopic (exact) mass is 577 g/mol. The zero-order valence-corrected chi connectivity index (χ0v) is 25.8. The summed E-state index contributed by atoms with van der Waals surface area (Å²) < 4.78 is 15.8. The molecule has 0 N–H and O–H groups in total.